The summed E-state index contributed by atoms with van der Waals surface area (Å²) < 4.78 is 0. The van der Waals surface area contributed by atoms with E-state index in [1.165, 1.54) is 0 Å². The molecule has 7 nitrogen and oxygen atoms in total. The molecule has 0 spiro atoms. The van der Waals surface area contributed by atoms with Crippen LogP contribution in [0.25, 0.3) is 0 Å². The largest absolute Gasteiger partial charge is 2.00 e. The number of carboxylic acid groups (broad SMARTS) is 3. The van der Waals surface area contributed by atoms with E-state index in [9.17, 15) is 14.4 Å². The fraction of sp³-hybridized carbons (Fsp3) is 0.500. The van der Waals surface area contributed by atoms with Crippen LogP contribution in [0.4, 0.5) is 0 Å². The van der Waals surface area contributed by atoms with E-state index < -0.39 is 36.4 Å². The number of carboxylic acids is 3. The van der Waals surface area contributed by atoms with Gasteiger partial charge in [0.05, 0.1) is 12.8 Å². The van der Waals surface area contributed by atoms with Crippen molar-refractivity contribution in [1.82, 2.24) is 0 Å². The van der Waals surface area contributed by atoms with Crippen molar-refractivity contribution >= 4 is 58.3 Å². The van der Waals surface area contributed by atoms with Crippen molar-refractivity contribution in [3.05, 3.63) is 0 Å². The number of hydrogen-bond acceptors (Lipinski definition) is 4. The van der Waals surface area contributed by atoms with Gasteiger partial charge in [-0.25, -0.2) is 4.79 Å². The third kappa shape index (κ3) is 7.58. The molecule has 15 heavy (non-hydrogen) atoms. The Morgan fingerprint density at radius 2 is 1.27 bits per heavy atom. The smallest absolute Gasteiger partial charge is 1.00 e. The minimum absolute atomic E-state index is 0. The van der Waals surface area contributed by atoms with Gasteiger partial charge in [0.25, 0.3) is 0 Å². The van der Waals surface area contributed by atoms with Gasteiger partial charge in [-0.2, -0.15) is 0 Å². The number of aliphatic hydroxyl groups is 1. The minimum atomic E-state index is -2.74. The van der Waals surface area contributed by atoms with E-state index in [0.29, 0.717) is 0 Å². The Kier molecular flexibility index (Phi) is 10.6. The van der Waals surface area contributed by atoms with E-state index in [4.69, 9.17) is 20.4 Å². The summed E-state index contributed by atoms with van der Waals surface area (Å²) in [6.45, 7) is 0. The number of hydrogen-bond donors (Lipinski definition) is 4. The maximum atomic E-state index is 10.3. The monoisotopic (exact) mass is 248 g/mol. The van der Waals surface area contributed by atoms with E-state index >= 15 is 0 Å². The molecule has 0 unspecified atom stereocenters. The van der Waals surface area contributed by atoms with Gasteiger partial charge in [-0.3, -0.25) is 9.59 Å². The van der Waals surface area contributed by atoms with Crippen LogP contribution in [0.15, 0.2) is 0 Å². The Morgan fingerprint density at radius 1 is 1.00 bits per heavy atom. The average Bonchev–Trinajstić information content (AvgIpc) is 1.82. The summed E-state index contributed by atoms with van der Waals surface area (Å²) in [4.78, 5) is 30.5. The van der Waals surface area contributed by atoms with Gasteiger partial charge in [-0.05, 0) is 0 Å². The average molecular weight is 248 g/mol. The molecule has 0 aromatic carbocycles. The summed E-state index contributed by atoms with van der Waals surface area (Å²) in [5, 5.41) is 33.8. The Balaban J connectivity index is -0.000000120. The topological polar surface area (TPSA) is 132 Å². The molecule has 0 aromatic heterocycles. The van der Waals surface area contributed by atoms with E-state index in [2.05, 4.69) is 0 Å². The van der Waals surface area contributed by atoms with Crippen molar-refractivity contribution < 1.29 is 37.7 Å². The predicted molar refractivity (Wildman–Crippen MR) is 55.0 cm³/mol. The summed E-state index contributed by atoms with van der Waals surface area (Å²) in [5.74, 6) is -5.02. The Labute approximate surface area is 114 Å². The van der Waals surface area contributed by atoms with E-state index in [-0.39, 0.29) is 43.3 Å². The zero-order valence-electron chi connectivity index (χ0n) is 9.13. The van der Waals surface area contributed by atoms with Crippen LogP contribution >= 0.6 is 0 Å². The Bertz CT molecular complexity index is 247. The molecule has 0 aromatic rings. The van der Waals surface area contributed by atoms with Crippen LogP contribution in [0.5, 0.6) is 0 Å². The van der Waals surface area contributed by atoms with Crippen LogP contribution in [0, 0.1) is 0 Å². The third-order valence-corrected chi connectivity index (χ3v) is 1.29. The molecule has 0 heterocycles. The first kappa shape index (κ1) is 20.1. The second-order valence-electron chi connectivity index (χ2n) is 2.48. The predicted octanol–water partition coefficient (Wildman–Crippen LogP) is -2.59. The molecule has 9 heteroatoms. The van der Waals surface area contributed by atoms with Crippen LogP contribution in [0.1, 0.15) is 15.7 Å². The molecular weight excluding hydrogens is 235 g/mol. The van der Waals surface area contributed by atoms with Gasteiger partial charge in [0.1, 0.15) is 0 Å². The summed E-state index contributed by atoms with van der Waals surface area (Å²) in [5.41, 5.74) is -2.74. The molecule has 0 fully saturated rings. The molecule has 84 valence electrons. The molecule has 0 aliphatic rings. The van der Waals surface area contributed by atoms with Gasteiger partial charge >= 0.3 is 41.0 Å². The van der Waals surface area contributed by atoms with Crippen molar-refractivity contribution in [2.45, 2.75) is 18.4 Å². The maximum Gasteiger partial charge on any atom is 2.00 e. The normalized spacial score (nSPS) is 9.40. The second kappa shape index (κ2) is 7.90. The molecule has 0 saturated heterocycles. The number of rotatable bonds is 5. The van der Waals surface area contributed by atoms with Gasteiger partial charge in [-0.1, -0.05) is 0 Å². The van der Waals surface area contributed by atoms with Gasteiger partial charge < -0.3 is 23.3 Å². The summed E-state index contributed by atoms with van der Waals surface area (Å²) >= 11 is 0. The molecular formula is C6H13AlMgO7. The van der Waals surface area contributed by atoms with E-state index in [1.807, 2.05) is 0 Å². The van der Waals surface area contributed by atoms with Crippen LogP contribution < -0.4 is 0 Å². The number of aliphatic carboxylic acids is 3. The van der Waals surface area contributed by atoms with Gasteiger partial charge in [0, 0.05) is 0 Å². The molecule has 0 amide bonds. The number of carbonyl (C=O) groups is 3. The van der Waals surface area contributed by atoms with Crippen LogP contribution in [-0.2, 0) is 14.4 Å². The molecule has 0 saturated carbocycles. The zero-order chi connectivity index (χ0) is 10.6. The fourth-order valence-corrected chi connectivity index (χ4v) is 0.714. The first-order valence-electron chi connectivity index (χ1n) is 3.17. The molecule has 0 bridgehead atoms. The molecule has 4 N–H and O–H groups in total. The van der Waals surface area contributed by atoms with Crippen LogP contribution in [-0.4, -0.2) is 84.3 Å². The Morgan fingerprint density at radius 3 is 1.40 bits per heavy atom. The minimum Gasteiger partial charge on any atom is -1.00 e. The summed E-state index contributed by atoms with van der Waals surface area (Å²) in [7, 11) is 0. The summed E-state index contributed by atoms with van der Waals surface area (Å²) in [6, 6.07) is 0. The van der Waals surface area contributed by atoms with Gasteiger partial charge in [-0.15, -0.1) is 0 Å². The van der Waals surface area contributed by atoms with Crippen molar-refractivity contribution in [2.75, 3.05) is 0 Å². The molecule has 0 atom stereocenters. The van der Waals surface area contributed by atoms with E-state index in [1.54, 1.807) is 0 Å². The molecule has 0 rings (SSSR count). The van der Waals surface area contributed by atoms with E-state index in [0.717, 1.165) is 0 Å². The standard InChI is InChI=1S/C6H8O7.Al.Mg.5H/c7-3(8)1-6(13,5(11)12)2-4(9)10;;;;;;;/h13H,1-2H2,(H,7,8)(H,9,10)(H,11,12);;;;;;;/q;;+2;;;;2*-1. The first-order chi connectivity index (χ1) is 5.78. The van der Waals surface area contributed by atoms with Gasteiger partial charge in [0.15, 0.2) is 23.0 Å². The molecule has 0 aliphatic carbocycles. The SMILES string of the molecule is O=C(O)CC(O)(CC(=O)O)C(=O)O.[AlH3].[H-].[H-].[Mg+2]. The fourth-order valence-electron chi connectivity index (χ4n) is 0.714. The van der Waals surface area contributed by atoms with Gasteiger partial charge in [0.2, 0.25) is 0 Å². The van der Waals surface area contributed by atoms with Crippen molar-refractivity contribution in [1.29, 1.82) is 0 Å². The van der Waals surface area contributed by atoms with Crippen LogP contribution in [0.3, 0.4) is 0 Å². The summed E-state index contributed by atoms with van der Waals surface area (Å²) in [6.07, 6.45) is -2.29. The third-order valence-electron chi connectivity index (χ3n) is 1.29. The quantitative estimate of drug-likeness (QED) is 0.393. The molecule has 0 aliphatic heterocycles. The van der Waals surface area contributed by atoms with Crippen molar-refractivity contribution in [3.63, 3.8) is 0 Å². The Hall–Kier alpha value is -0.331. The van der Waals surface area contributed by atoms with Crippen molar-refractivity contribution in [3.8, 4) is 0 Å². The molecule has 0 radical (unpaired) electrons. The zero-order valence-corrected chi connectivity index (χ0v) is 8.55. The second-order valence-corrected chi connectivity index (χ2v) is 2.48. The van der Waals surface area contributed by atoms with Crippen LogP contribution in [0.2, 0.25) is 0 Å². The van der Waals surface area contributed by atoms with Crippen molar-refractivity contribution in [2.24, 2.45) is 0 Å². The maximum absolute atomic E-state index is 10.3. The first-order valence-corrected chi connectivity index (χ1v) is 3.17.